The third-order valence-electron chi connectivity index (χ3n) is 2.41. The fraction of sp³-hybridized carbons (Fsp3) is 0. The fourth-order valence-electron chi connectivity index (χ4n) is 1.66. The summed E-state index contributed by atoms with van der Waals surface area (Å²) in [5.41, 5.74) is 7.24. The standard InChI is InChI=1S/C11H8ClN5/c12-7-4-16-17(5-7)11-9-3-8(13)1-2-10(9)14-6-15-11/h1-6H,13H2. The molecular formula is C11H8ClN5. The Balaban J connectivity index is 2.32. The van der Waals surface area contributed by atoms with E-state index in [-0.39, 0.29) is 0 Å². The van der Waals surface area contributed by atoms with Crippen LogP contribution in [0.25, 0.3) is 16.7 Å². The van der Waals surface area contributed by atoms with Crippen LogP contribution in [0.4, 0.5) is 5.69 Å². The van der Waals surface area contributed by atoms with E-state index in [1.54, 1.807) is 23.1 Å². The molecule has 2 heterocycles. The largest absolute Gasteiger partial charge is 0.399 e. The number of nitrogen functional groups attached to an aromatic ring is 1. The van der Waals surface area contributed by atoms with Gasteiger partial charge in [-0.05, 0) is 18.2 Å². The lowest BCUT2D eigenvalue weighted by atomic mass is 10.2. The van der Waals surface area contributed by atoms with Gasteiger partial charge in [0.25, 0.3) is 0 Å². The molecule has 0 spiro atoms. The Morgan fingerprint density at radius 1 is 1.24 bits per heavy atom. The van der Waals surface area contributed by atoms with Crippen LogP contribution in [-0.4, -0.2) is 19.7 Å². The van der Waals surface area contributed by atoms with Crippen molar-refractivity contribution in [1.29, 1.82) is 0 Å². The van der Waals surface area contributed by atoms with Gasteiger partial charge in [-0.25, -0.2) is 14.6 Å². The Morgan fingerprint density at radius 3 is 2.88 bits per heavy atom. The van der Waals surface area contributed by atoms with E-state index in [2.05, 4.69) is 15.1 Å². The lowest BCUT2D eigenvalue weighted by Crippen LogP contribution is -2.00. The lowest BCUT2D eigenvalue weighted by molar-refractivity contribution is 0.851. The third kappa shape index (κ3) is 1.70. The summed E-state index contributed by atoms with van der Waals surface area (Å²) in [6.07, 6.45) is 4.73. The number of rotatable bonds is 1. The average molecular weight is 246 g/mol. The topological polar surface area (TPSA) is 69.6 Å². The lowest BCUT2D eigenvalue weighted by Gasteiger charge is -2.05. The molecule has 0 unspecified atom stereocenters. The zero-order chi connectivity index (χ0) is 11.8. The normalized spacial score (nSPS) is 10.9. The maximum atomic E-state index is 5.84. The molecule has 3 rings (SSSR count). The third-order valence-corrected chi connectivity index (χ3v) is 2.60. The number of halogens is 1. The highest BCUT2D eigenvalue weighted by atomic mass is 35.5. The number of fused-ring (bicyclic) bond motifs is 1. The van der Waals surface area contributed by atoms with Crippen molar-refractivity contribution in [1.82, 2.24) is 19.7 Å². The number of hydrogen-bond donors (Lipinski definition) is 1. The van der Waals surface area contributed by atoms with Gasteiger partial charge in [0.2, 0.25) is 0 Å². The van der Waals surface area contributed by atoms with Crippen LogP contribution in [0.5, 0.6) is 0 Å². The number of nitrogens with zero attached hydrogens (tertiary/aromatic N) is 4. The predicted molar refractivity (Wildman–Crippen MR) is 66.1 cm³/mol. The van der Waals surface area contributed by atoms with Crippen LogP contribution in [0.15, 0.2) is 36.9 Å². The number of anilines is 1. The first kappa shape index (κ1) is 10.0. The van der Waals surface area contributed by atoms with Crippen molar-refractivity contribution in [2.45, 2.75) is 0 Å². The molecule has 0 aliphatic heterocycles. The summed E-state index contributed by atoms with van der Waals surface area (Å²) in [7, 11) is 0. The van der Waals surface area contributed by atoms with Crippen LogP contribution in [0.2, 0.25) is 5.02 Å². The quantitative estimate of drug-likeness (QED) is 0.666. The highest BCUT2D eigenvalue weighted by Gasteiger charge is 2.07. The fourth-order valence-corrected chi connectivity index (χ4v) is 1.80. The van der Waals surface area contributed by atoms with Crippen molar-refractivity contribution in [2.24, 2.45) is 0 Å². The highest BCUT2D eigenvalue weighted by Crippen LogP contribution is 2.21. The first-order valence-electron chi connectivity index (χ1n) is 4.95. The minimum atomic E-state index is 0.556. The maximum Gasteiger partial charge on any atom is 0.164 e. The van der Waals surface area contributed by atoms with E-state index >= 15 is 0 Å². The molecule has 0 amide bonds. The van der Waals surface area contributed by atoms with Crippen molar-refractivity contribution in [2.75, 3.05) is 5.73 Å². The molecule has 0 atom stereocenters. The molecule has 17 heavy (non-hydrogen) atoms. The molecule has 1 aromatic carbocycles. The van der Waals surface area contributed by atoms with Gasteiger partial charge in [0.05, 0.1) is 22.9 Å². The molecule has 2 N–H and O–H groups in total. The Hall–Kier alpha value is -2.14. The van der Waals surface area contributed by atoms with Gasteiger partial charge in [0.15, 0.2) is 5.82 Å². The number of aromatic nitrogens is 4. The molecule has 6 heteroatoms. The van der Waals surface area contributed by atoms with Gasteiger partial charge < -0.3 is 5.73 Å². The highest BCUT2D eigenvalue weighted by molar-refractivity contribution is 6.30. The van der Waals surface area contributed by atoms with Crippen molar-refractivity contribution in [3.63, 3.8) is 0 Å². The summed E-state index contributed by atoms with van der Waals surface area (Å²) in [6, 6.07) is 5.47. The Kier molecular flexibility index (Phi) is 2.19. The van der Waals surface area contributed by atoms with Gasteiger partial charge in [-0.3, -0.25) is 0 Å². The molecule has 0 saturated carbocycles. The predicted octanol–water partition coefficient (Wildman–Crippen LogP) is 2.05. The molecule has 5 nitrogen and oxygen atoms in total. The molecule has 0 aliphatic carbocycles. The summed E-state index contributed by atoms with van der Waals surface area (Å²) in [6.45, 7) is 0. The van der Waals surface area contributed by atoms with Crippen LogP contribution < -0.4 is 5.73 Å². The van der Waals surface area contributed by atoms with Gasteiger partial charge in [-0.1, -0.05) is 11.6 Å². The summed E-state index contributed by atoms with van der Waals surface area (Å²) >= 11 is 5.84. The maximum absolute atomic E-state index is 5.84. The Bertz CT molecular complexity index is 691. The Labute approximate surface area is 102 Å². The molecule has 2 aromatic heterocycles. The van der Waals surface area contributed by atoms with E-state index in [1.807, 2.05) is 12.1 Å². The molecule has 0 fully saturated rings. The van der Waals surface area contributed by atoms with Crippen molar-refractivity contribution >= 4 is 28.2 Å². The van der Waals surface area contributed by atoms with Gasteiger partial charge in [-0.2, -0.15) is 5.10 Å². The van der Waals surface area contributed by atoms with Gasteiger partial charge in [-0.15, -0.1) is 0 Å². The summed E-state index contributed by atoms with van der Waals surface area (Å²) in [5.74, 6) is 0.661. The second-order valence-corrected chi connectivity index (χ2v) is 4.01. The number of benzene rings is 1. The Morgan fingerprint density at radius 2 is 2.12 bits per heavy atom. The second-order valence-electron chi connectivity index (χ2n) is 3.58. The monoisotopic (exact) mass is 245 g/mol. The van der Waals surface area contributed by atoms with Crippen LogP contribution >= 0.6 is 11.6 Å². The minimum absolute atomic E-state index is 0.556. The van der Waals surface area contributed by atoms with Gasteiger partial charge in [0.1, 0.15) is 6.33 Å². The van der Waals surface area contributed by atoms with Crippen LogP contribution in [0.3, 0.4) is 0 Å². The summed E-state index contributed by atoms with van der Waals surface area (Å²) in [5, 5.41) is 5.52. The van der Waals surface area contributed by atoms with Crippen LogP contribution in [0.1, 0.15) is 0 Å². The number of hydrogen-bond acceptors (Lipinski definition) is 4. The summed E-state index contributed by atoms with van der Waals surface area (Å²) < 4.78 is 1.60. The number of nitrogens with two attached hydrogens (primary N) is 1. The molecule has 84 valence electrons. The first-order valence-corrected chi connectivity index (χ1v) is 5.32. The first-order chi connectivity index (χ1) is 8.24. The van der Waals surface area contributed by atoms with Gasteiger partial charge in [0, 0.05) is 11.1 Å². The smallest absolute Gasteiger partial charge is 0.164 e. The van der Waals surface area contributed by atoms with E-state index in [0.717, 1.165) is 10.9 Å². The molecule has 0 saturated heterocycles. The molecule has 0 bridgehead atoms. The summed E-state index contributed by atoms with van der Waals surface area (Å²) in [4.78, 5) is 8.38. The molecule has 0 aliphatic rings. The van der Waals surface area contributed by atoms with Crippen molar-refractivity contribution in [3.05, 3.63) is 41.9 Å². The minimum Gasteiger partial charge on any atom is -0.399 e. The zero-order valence-corrected chi connectivity index (χ0v) is 9.46. The van der Waals surface area contributed by atoms with E-state index in [9.17, 15) is 0 Å². The average Bonchev–Trinajstić information content (AvgIpc) is 2.75. The van der Waals surface area contributed by atoms with E-state index in [0.29, 0.717) is 16.5 Å². The molecular weight excluding hydrogens is 238 g/mol. The van der Waals surface area contributed by atoms with E-state index in [4.69, 9.17) is 17.3 Å². The SMILES string of the molecule is Nc1ccc2ncnc(-n3cc(Cl)cn3)c2c1. The molecule has 0 radical (unpaired) electrons. The van der Waals surface area contributed by atoms with Crippen molar-refractivity contribution < 1.29 is 0 Å². The van der Waals surface area contributed by atoms with Crippen LogP contribution in [0, 0.1) is 0 Å². The van der Waals surface area contributed by atoms with E-state index < -0.39 is 0 Å². The zero-order valence-electron chi connectivity index (χ0n) is 8.71. The molecule has 3 aromatic rings. The van der Waals surface area contributed by atoms with Crippen LogP contribution in [-0.2, 0) is 0 Å². The van der Waals surface area contributed by atoms with Crippen molar-refractivity contribution in [3.8, 4) is 5.82 Å². The van der Waals surface area contributed by atoms with Gasteiger partial charge >= 0.3 is 0 Å². The van der Waals surface area contributed by atoms with E-state index in [1.165, 1.54) is 6.33 Å². The second kappa shape index (κ2) is 3.71.